The second-order valence-corrected chi connectivity index (χ2v) is 2.30. The van der Waals surface area contributed by atoms with E-state index in [0.717, 1.165) is 5.82 Å². The van der Waals surface area contributed by atoms with Gasteiger partial charge in [0.05, 0.1) is 0 Å². The fraction of sp³-hybridized carbons (Fsp3) is 0.286. The number of nitrogens with zero attached hydrogens (tertiary/aromatic N) is 2. The number of anilines is 1. The lowest BCUT2D eigenvalue weighted by molar-refractivity contribution is 0.974. The maximum Gasteiger partial charge on any atom is 0.142 e. The second-order valence-electron chi connectivity index (χ2n) is 2.30. The van der Waals surface area contributed by atoms with Crippen LogP contribution in [0.3, 0.4) is 0 Å². The molecule has 0 saturated heterocycles. The van der Waals surface area contributed by atoms with E-state index in [0.29, 0.717) is 0 Å². The Hall–Kier alpha value is -1.09. The molecule has 0 saturated carbocycles. The summed E-state index contributed by atoms with van der Waals surface area (Å²) in [6.07, 6.45) is 1.74. The van der Waals surface area contributed by atoms with Crippen LogP contribution in [0.2, 0.25) is 0 Å². The van der Waals surface area contributed by atoms with Crippen LogP contribution in [0.4, 0.5) is 5.82 Å². The largest absolute Gasteiger partial charge is 0.298 e. The lowest BCUT2D eigenvalue weighted by Crippen LogP contribution is -2.25. The third-order valence-electron chi connectivity index (χ3n) is 1.26. The molecular weight excluding hydrogens is 126 g/mol. The maximum atomic E-state index is 5.45. The normalized spacial score (nSPS) is 9.50. The first-order valence-corrected chi connectivity index (χ1v) is 3.11. The topological polar surface area (TPSA) is 42.2 Å². The third-order valence-corrected chi connectivity index (χ3v) is 1.26. The van der Waals surface area contributed by atoms with Gasteiger partial charge in [-0.1, -0.05) is 0 Å². The summed E-state index contributed by atoms with van der Waals surface area (Å²) in [5, 5.41) is 1.49. The molecule has 1 aromatic rings. The minimum Gasteiger partial charge on any atom is -0.298 e. The Bertz CT molecular complexity index is 220. The monoisotopic (exact) mass is 137 g/mol. The van der Waals surface area contributed by atoms with Gasteiger partial charge in [-0.25, -0.2) is 10.8 Å². The van der Waals surface area contributed by atoms with Gasteiger partial charge in [0.1, 0.15) is 5.82 Å². The van der Waals surface area contributed by atoms with E-state index in [9.17, 15) is 0 Å². The molecule has 54 valence electrons. The zero-order chi connectivity index (χ0) is 7.56. The molecule has 0 aromatic carbocycles. The van der Waals surface area contributed by atoms with Crippen molar-refractivity contribution >= 4 is 5.82 Å². The first-order chi connectivity index (χ1) is 4.70. The summed E-state index contributed by atoms with van der Waals surface area (Å²) in [5.41, 5.74) is 1.17. The minimum atomic E-state index is 0.792. The third kappa shape index (κ3) is 1.45. The molecule has 0 radical (unpaired) electrons. The number of pyridine rings is 1. The summed E-state index contributed by atoms with van der Waals surface area (Å²) in [6, 6.07) is 3.87. The number of nitrogens with two attached hydrogens (primary N) is 1. The Kier molecular flexibility index (Phi) is 1.87. The number of hydrogen-bond donors (Lipinski definition) is 1. The van der Waals surface area contributed by atoms with E-state index < -0.39 is 0 Å². The minimum absolute atomic E-state index is 0.792. The molecule has 1 heterocycles. The second kappa shape index (κ2) is 2.66. The van der Waals surface area contributed by atoms with Crippen LogP contribution < -0.4 is 10.9 Å². The molecule has 3 heteroatoms. The number of aromatic nitrogens is 1. The first-order valence-electron chi connectivity index (χ1n) is 3.11. The Morgan fingerprint density at radius 1 is 1.60 bits per heavy atom. The molecule has 0 atom stereocenters. The molecule has 0 aliphatic heterocycles. The van der Waals surface area contributed by atoms with E-state index in [1.165, 1.54) is 10.6 Å². The Labute approximate surface area is 60.5 Å². The molecule has 0 unspecified atom stereocenters. The summed E-state index contributed by atoms with van der Waals surface area (Å²) in [5.74, 6) is 6.25. The summed E-state index contributed by atoms with van der Waals surface area (Å²) >= 11 is 0. The summed E-state index contributed by atoms with van der Waals surface area (Å²) in [4.78, 5) is 4.04. The lowest BCUT2D eigenvalue weighted by Gasteiger charge is -2.09. The van der Waals surface area contributed by atoms with Crippen molar-refractivity contribution in [3.05, 3.63) is 23.9 Å². The molecular formula is C7H11N3. The lowest BCUT2D eigenvalue weighted by atomic mass is 10.3. The fourth-order valence-corrected chi connectivity index (χ4v) is 0.713. The van der Waals surface area contributed by atoms with E-state index in [4.69, 9.17) is 5.84 Å². The molecule has 0 fully saturated rings. The van der Waals surface area contributed by atoms with Gasteiger partial charge in [-0.15, -0.1) is 0 Å². The maximum absolute atomic E-state index is 5.45. The van der Waals surface area contributed by atoms with Gasteiger partial charge < -0.3 is 0 Å². The van der Waals surface area contributed by atoms with Gasteiger partial charge >= 0.3 is 0 Å². The summed E-state index contributed by atoms with van der Waals surface area (Å²) in [6.45, 7) is 2.01. The van der Waals surface area contributed by atoms with Crippen LogP contribution in [0.15, 0.2) is 18.3 Å². The highest BCUT2D eigenvalue weighted by Gasteiger charge is 1.94. The quantitative estimate of drug-likeness (QED) is 0.457. The molecule has 10 heavy (non-hydrogen) atoms. The van der Waals surface area contributed by atoms with E-state index in [1.54, 1.807) is 13.2 Å². The van der Waals surface area contributed by atoms with E-state index in [2.05, 4.69) is 4.98 Å². The zero-order valence-corrected chi connectivity index (χ0v) is 6.20. The molecule has 3 nitrogen and oxygen atoms in total. The predicted molar refractivity (Wildman–Crippen MR) is 41.6 cm³/mol. The standard InChI is InChI=1S/C7H11N3/c1-6-3-4-9-7(5-6)10(2)8/h3-5H,8H2,1-2H3. The Balaban J connectivity index is 2.96. The van der Waals surface area contributed by atoms with Gasteiger partial charge in [0.2, 0.25) is 0 Å². The van der Waals surface area contributed by atoms with Gasteiger partial charge in [0.25, 0.3) is 0 Å². The number of hydrogen-bond acceptors (Lipinski definition) is 3. The highest BCUT2D eigenvalue weighted by molar-refractivity contribution is 5.37. The molecule has 0 aliphatic carbocycles. The molecule has 1 rings (SSSR count). The SMILES string of the molecule is Cc1ccnc(N(C)N)c1. The molecule has 0 amide bonds. The van der Waals surface area contributed by atoms with E-state index in [1.807, 2.05) is 19.1 Å². The van der Waals surface area contributed by atoms with Crippen molar-refractivity contribution in [3.63, 3.8) is 0 Å². The average molecular weight is 137 g/mol. The Morgan fingerprint density at radius 2 is 2.30 bits per heavy atom. The molecule has 0 aliphatic rings. The smallest absolute Gasteiger partial charge is 0.142 e. The summed E-state index contributed by atoms with van der Waals surface area (Å²) < 4.78 is 0. The van der Waals surface area contributed by atoms with Gasteiger partial charge in [-0.3, -0.25) is 5.01 Å². The average Bonchev–Trinajstić information content (AvgIpc) is 1.88. The highest BCUT2D eigenvalue weighted by atomic mass is 15.4. The number of hydrazine groups is 1. The predicted octanol–water partition coefficient (Wildman–Crippen LogP) is 0.700. The highest BCUT2D eigenvalue weighted by Crippen LogP contribution is 2.05. The van der Waals surface area contributed by atoms with Crippen molar-refractivity contribution in [2.45, 2.75) is 6.92 Å². The van der Waals surface area contributed by atoms with Crippen molar-refractivity contribution < 1.29 is 0 Å². The van der Waals surface area contributed by atoms with Crippen molar-refractivity contribution in [2.24, 2.45) is 5.84 Å². The van der Waals surface area contributed by atoms with Crippen LogP contribution in [0.1, 0.15) is 5.56 Å². The van der Waals surface area contributed by atoms with Gasteiger partial charge in [0.15, 0.2) is 0 Å². The van der Waals surface area contributed by atoms with Crippen LogP contribution >= 0.6 is 0 Å². The van der Waals surface area contributed by atoms with Crippen LogP contribution in [0, 0.1) is 6.92 Å². The van der Waals surface area contributed by atoms with Crippen molar-refractivity contribution in [1.29, 1.82) is 0 Å². The fourth-order valence-electron chi connectivity index (χ4n) is 0.713. The molecule has 0 bridgehead atoms. The van der Waals surface area contributed by atoms with Gasteiger partial charge in [0, 0.05) is 13.2 Å². The van der Waals surface area contributed by atoms with Crippen molar-refractivity contribution in [3.8, 4) is 0 Å². The first kappa shape index (κ1) is 7.02. The molecule has 2 N–H and O–H groups in total. The van der Waals surface area contributed by atoms with Crippen molar-refractivity contribution in [1.82, 2.24) is 4.98 Å². The van der Waals surface area contributed by atoms with Crippen LogP contribution in [0.5, 0.6) is 0 Å². The van der Waals surface area contributed by atoms with Gasteiger partial charge in [-0.2, -0.15) is 0 Å². The van der Waals surface area contributed by atoms with Crippen molar-refractivity contribution in [2.75, 3.05) is 12.1 Å². The molecule has 0 spiro atoms. The van der Waals surface area contributed by atoms with E-state index in [-0.39, 0.29) is 0 Å². The van der Waals surface area contributed by atoms with Crippen LogP contribution in [-0.4, -0.2) is 12.0 Å². The van der Waals surface area contributed by atoms with Gasteiger partial charge in [-0.05, 0) is 24.6 Å². The van der Waals surface area contributed by atoms with E-state index >= 15 is 0 Å². The number of rotatable bonds is 1. The van der Waals surface area contributed by atoms with Crippen LogP contribution in [0.25, 0.3) is 0 Å². The number of aryl methyl sites for hydroxylation is 1. The molecule has 1 aromatic heterocycles. The Morgan fingerprint density at radius 3 is 2.70 bits per heavy atom. The summed E-state index contributed by atoms with van der Waals surface area (Å²) in [7, 11) is 1.77. The zero-order valence-electron chi connectivity index (χ0n) is 6.20. The van der Waals surface area contributed by atoms with Crippen LogP contribution in [-0.2, 0) is 0 Å².